The molecule has 4 unspecified atom stereocenters. The van der Waals surface area contributed by atoms with Gasteiger partial charge in [0.25, 0.3) is 0 Å². The molecule has 2 aliphatic rings. The lowest BCUT2D eigenvalue weighted by atomic mass is 9.89. The van der Waals surface area contributed by atoms with Crippen molar-refractivity contribution >= 4 is 124 Å². The Balaban J connectivity index is 1.54. The third-order valence-electron chi connectivity index (χ3n) is 22.5. The second kappa shape index (κ2) is 63.5. The smallest absolute Gasteiger partial charge is 0.407 e. The van der Waals surface area contributed by atoms with E-state index in [9.17, 15) is 117 Å². The van der Waals surface area contributed by atoms with Gasteiger partial charge in [-0.25, -0.2) is 14.4 Å². The van der Waals surface area contributed by atoms with Gasteiger partial charge in [0.1, 0.15) is 55.1 Å². The Morgan fingerprint density at radius 3 is 1.74 bits per heavy atom. The summed E-state index contributed by atoms with van der Waals surface area (Å²) in [5.74, 6) is -14.6. The zero-order chi connectivity index (χ0) is 102. The first kappa shape index (κ1) is 119. The number of amides is 17. The number of aliphatic carboxylic acids is 1. The number of methoxy groups -OCH3 is 2. The summed E-state index contributed by atoms with van der Waals surface area (Å²) in [7, 11) is 8.20. The summed E-state index contributed by atoms with van der Waals surface area (Å²) in [6.45, 7) is 8.68. The van der Waals surface area contributed by atoms with Gasteiger partial charge in [0.2, 0.25) is 94.5 Å². The number of imide groups is 1. The van der Waals surface area contributed by atoms with Gasteiger partial charge in [0.15, 0.2) is 0 Å². The second-order valence-electron chi connectivity index (χ2n) is 33.8. The predicted molar refractivity (Wildman–Crippen MR) is 487 cm³/mol. The summed E-state index contributed by atoms with van der Waals surface area (Å²) in [4.78, 5) is 255. The van der Waals surface area contributed by atoms with Crippen LogP contribution < -0.4 is 69.1 Å². The van der Waals surface area contributed by atoms with E-state index in [2.05, 4.69) is 69.1 Å². The van der Waals surface area contributed by atoms with E-state index in [1.165, 1.54) is 32.9 Å². The first-order valence-corrected chi connectivity index (χ1v) is 46.5. The van der Waals surface area contributed by atoms with Crippen LogP contribution in [0.25, 0.3) is 0 Å². The molecule has 17 amide bonds. The maximum absolute atomic E-state index is 14.6. The number of thioether (sulfide) groups is 1. The number of rotatable bonds is 66. The Labute approximate surface area is 795 Å². The minimum Gasteiger partial charge on any atom is -0.480 e. The fourth-order valence-electron chi connectivity index (χ4n) is 14.7. The normalized spacial score (nSPS) is 17.0. The van der Waals surface area contributed by atoms with Crippen LogP contribution in [0.1, 0.15) is 132 Å². The first-order valence-electron chi connectivity index (χ1n) is 45.2. The summed E-state index contributed by atoms with van der Waals surface area (Å²) >= 11 is 1.27. The molecule has 2 heterocycles. The molecule has 0 saturated carbocycles. The number of carbonyl (C=O) groups is 19. The maximum atomic E-state index is 14.6. The summed E-state index contributed by atoms with van der Waals surface area (Å²) < 4.78 is 33.3. The number of hydrogen-bond donors (Lipinski definition) is 19. The topological polar surface area (TPSA) is 670 Å². The summed E-state index contributed by atoms with van der Waals surface area (Å²) in [5, 5.41) is 89.5. The average Bonchev–Trinajstić information content (AvgIpc) is 1.56. The summed E-state index contributed by atoms with van der Waals surface area (Å²) in [5.41, 5.74) is 0.711. The van der Waals surface area contributed by atoms with Crippen LogP contribution >= 0.6 is 11.8 Å². The number of aliphatic hydroxyl groups excluding tert-OH is 5. The fraction of sp³-hybridized carbons (Fsp3) is 0.713. The minimum absolute atomic E-state index is 0.0231. The molecule has 1 aromatic carbocycles. The molecule has 2 aliphatic heterocycles. The molecule has 3 rings (SSSR count). The van der Waals surface area contributed by atoms with E-state index >= 15 is 0 Å². The number of alkyl carbamates (subject to hydrolysis) is 1. The van der Waals surface area contributed by atoms with E-state index in [4.69, 9.17) is 33.5 Å². The van der Waals surface area contributed by atoms with Crippen LogP contribution in [0.4, 0.5) is 4.79 Å². The first-order chi connectivity index (χ1) is 64.4. The van der Waals surface area contributed by atoms with Crippen LogP contribution in [0, 0.1) is 23.7 Å². The molecule has 48 nitrogen and oxygen atoms in total. The number of nitrogens with zero attached hydrogens (tertiary/aromatic N) is 4. The predicted octanol–water partition coefficient (Wildman–Crippen LogP) is -6.70. The van der Waals surface area contributed by atoms with E-state index < -0.39 is 245 Å². The largest absolute Gasteiger partial charge is 0.480 e. The summed E-state index contributed by atoms with van der Waals surface area (Å²) in [6, 6.07) is 0.0812. The van der Waals surface area contributed by atoms with Gasteiger partial charge in [0, 0.05) is 99.1 Å². The van der Waals surface area contributed by atoms with Crippen molar-refractivity contribution in [2.45, 2.75) is 223 Å². The molecule has 0 aliphatic carbocycles. The van der Waals surface area contributed by atoms with E-state index in [0.29, 0.717) is 31.4 Å². The second-order valence-corrected chi connectivity index (χ2v) is 34.8. The van der Waals surface area contributed by atoms with E-state index in [1.807, 2.05) is 46.4 Å². The van der Waals surface area contributed by atoms with Gasteiger partial charge in [-0.1, -0.05) is 85.2 Å². The highest BCUT2D eigenvalue weighted by Crippen LogP contribution is 2.31. The Hall–Kier alpha value is -10.9. The molecular formula is C87H143N17O31S. The molecule has 1 aromatic rings. The molecular weight excluding hydrogens is 1810 g/mol. The molecule has 0 aromatic heterocycles. The van der Waals surface area contributed by atoms with Crippen molar-refractivity contribution in [2.75, 3.05) is 153 Å². The van der Waals surface area contributed by atoms with Crippen LogP contribution in [0.15, 0.2) is 30.3 Å². The van der Waals surface area contributed by atoms with Crippen LogP contribution in [0.2, 0.25) is 0 Å². The number of carboxylic acids is 1. The number of benzene rings is 1. The van der Waals surface area contributed by atoms with Crippen molar-refractivity contribution in [3.63, 3.8) is 0 Å². The molecule has 0 radical (unpaired) electrons. The van der Waals surface area contributed by atoms with Crippen molar-refractivity contribution in [1.82, 2.24) is 88.7 Å². The van der Waals surface area contributed by atoms with Crippen molar-refractivity contribution in [2.24, 2.45) is 23.7 Å². The lowest BCUT2D eigenvalue weighted by molar-refractivity contribution is -0.148. The number of esters is 1. The number of likely N-dealkylation sites (N-methyl/N-ethyl adjacent to an activating group) is 2. The Morgan fingerprint density at radius 2 is 1.17 bits per heavy atom. The molecule has 49 heteroatoms. The van der Waals surface area contributed by atoms with Crippen molar-refractivity contribution in [3.8, 4) is 0 Å². The zero-order valence-electron chi connectivity index (χ0n) is 79.9. The van der Waals surface area contributed by atoms with Crippen LogP contribution in [-0.4, -0.2) is 406 Å². The highest BCUT2D eigenvalue weighted by Gasteiger charge is 2.45. The van der Waals surface area contributed by atoms with Crippen LogP contribution in [-0.2, 0) is 121 Å². The number of nitrogens with one attached hydrogen (secondary N) is 13. The van der Waals surface area contributed by atoms with Gasteiger partial charge >= 0.3 is 18.0 Å². The zero-order valence-corrected chi connectivity index (χ0v) is 80.8. The van der Waals surface area contributed by atoms with Gasteiger partial charge in [-0.3, -0.25) is 86.5 Å². The third-order valence-corrected chi connectivity index (χ3v) is 23.4. The van der Waals surface area contributed by atoms with Crippen LogP contribution in [0.5, 0.6) is 0 Å². The molecule has 0 bridgehead atoms. The Bertz CT molecular complexity index is 4060. The van der Waals surface area contributed by atoms with Gasteiger partial charge in [-0.2, -0.15) is 11.8 Å². The van der Waals surface area contributed by atoms with Crippen LogP contribution in [0.3, 0.4) is 0 Å². The molecule has 2 saturated heterocycles. The number of carbonyl (C=O) groups excluding carboxylic acids is 18. The molecule has 0 spiro atoms. The number of carboxylic acid groups (broad SMARTS) is 1. The van der Waals surface area contributed by atoms with Crippen molar-refractivity contribution in [1.29, 1.82) is 0 Å². The number of aliphatic hydroxyl groups is 5. The van der Waals surface area contributed by atoms with Gasteiger partial charge in [-0.05, 0) is 76.3 Å². The fourth-order valence-corrected chi connectivity index (χ4v) is 15.3. The van der Waals surface area contributed by atoms with Gasteiger partial charge < -0.3 is 138 Å². The lowest BCUT2D eigenvalue weighted by Gasteiger charge is -2.41. The standard InChI is InChI=1S/C87H143N17O31S/c1-15-51(6)75(102(11)84(125)73(49(2)3)100-82(123)74(50(4)5)101(9)10)61(130-12)40-71(116)103-32-19-23-58(103)78(131-13)52(7)79(120)99-56(39-54-21-17-16-18-22-54)80(121)89-29-20-34-134-86(128)53(8)96-66(111)26-30-90-87(129)135-48-57(81(122)98-55(85(126)127)24-25-63(108)91-42-59(106)76(118)77(119)60(107)47-105)97-70(115)46-95-69(114)45-94-68(113)44-93-67(112)43-92-65(110)28-35-132-37-38-133-36-31-88-64(109)27-33-104-72(117)41-62(136-14)83(104)124/h16-18,21-22,49-53,55-62,73-78,105-107,118-119H,15,19-20,23-48H2,1-14H3,(H,88,109)(H,89,121)(H,90,129)(H,91,108)(H,92,110)(H,93,112)(H,94,113)(H,95,114)(H,96,111)(H,97,115)(H,98,122)(H,99,120)(H,100,123)(H,126,127)/t51-,52+,53?,55-,56-,57?,58-,59-,60+,61+,62?,73?,74-,75-,76+,77+,78+/m0/s1. The molecule has 136 heavy (non-hydrogen) atoms. The number of hydrogen-bond acceptors (Lipinski definition) is 32. The van der Waals surface area contributed by atoms with Crippen molar-refractivity contribution in [3.05, 3.63) is 35.9 Å². The van der Waals surface area contributed by atoms with Gasteiger partial charge in [0.05, 0.1) is 120 Å². The SMILES string of the molecule is CC[C@H](C)[C@@H]([C@@H](CC(=O)N1CCC[C@H]1[C@H](OC)[C@@H](C)C(=O)N[C@@H](Cc1ccccc1)C(=O)NCCCOC(=O)C(C)NC(=O)CCNC(=O)OCC(NC(=O)CNC(=O)CNC(=O)CNC(=O)CNC(=O)CCOCCOCCNC(=O)CCN1C(=O)CC(SC)C1=O)C(=O)N[C@@H](CCC(=O)NC[C@H](O)[C@@H](O)[C@H](O)[C@H](O)CO)C(=O)O)OC)N(C)C(=O)C(NC(=O)[C@H](C(C)C)N(C)C)C(C)C. The molecule has 17 atom stereocenters. The minimum atomic E-state index is -2.06. The molecule has 19 N–H and O–H groups in total. The number of likely N-dealkylation sites (tertiary alicyclic amines) is 2. The molecule has 2 fully saturated rings. The van der Waals surface area contributed by atoms with Crippen molar-refractivity contribution < 1.29 is 150 Å². The van der Waals surface area contributed by atoms with E-state index in [1.54, 1.807) is 74.5 Å². The quantitative estimate of drug-likeness (QED) is 0.0164. The van der Waals surface area contributed by atoms with E-state index in [0.717, 1.165) is 4.90 Å². The van der Waals surface area contributed by atoms with Gasteiger partial charge in [-0.15, -0.1) is 0 Å². The number of ether oxygens (including phenoxy) is 6. The Kier molecular flexibility index (Phi) is 55.7. The molecule has 768 valence electrons. The summed E-state index contributed by atoms with van der Waals surface area (Å²) in [6.07, 6.45) is -9.33. The van der Waals surface area contributed by atoms with E-state index in [-0.39, 0.29) is 144 Å². The Morgan fingerprint density at radius 1 is 0.574 bits per heavy atom. The highest BCUT2D eigenvalue weighted by molar-refractivity contribution is 8.00. The highest BCUT2D eigenvalue weighted by atomic mass is 32.2. The average molecular weight is 1960 g/mol. The monoisotopic (exact) mass is 1950 g/mol. The third kappa shape index (κ3) is 42.8. The maximum Gasteiger partial charge on any atom is 0.407 e. The lowest BCUT2D eigenvalue weighted by Crippen LogP contribution is -2.59.